The minimum Gasteiger partial charge on any atom is -0.316 e. The molecular formula is C18H29Cl2N. The molecule has 0 spiro atoms. The molecule has 0 saturated carbocycles. The van der Waals surface area contributed by atoms with Gasteiger partial charge in [-0.3, -0.25) is 0 Å². The van der Waals surface area contributed by atoms with Crippen molar-refractivity contribution in [3.63, 3.8) is 0 Å². The lowest BCUT2D eigenvalue weighted by Crippen LogP contribution is -2.36. The first kappa shape index (κ1) is 18.8. The van der Waals surface area contributed by atoms with Crippen molar-refractivity contribution in [2.75, 3.05) is 13.1 Å². The van der Waals surface area contributed by atoms with E-state index in [1.807, 2.05) is 12.1 Å². The maximum absolute atomic E-state index is 6.17. The lowest BCUT2D eigenvalue weighted by molar-refractivity contribution is 0.229. The van der Waals surface area contributed by atoms with Crippen LogP contribution in [0.25, 0.3) is 0 Å². The normalized spacial score (nSPS) is 14.1. The zero-order chi connectivity index (χ0) is 15.7. The predicted molar refractivity (Wildman–Crippen MR) is 95.6 cm³/mol. The van der Waals surface area contributed by atoms with E-state index in [4.69, 9.17) is 23.2 Å². The second-order valence-electron chi connectivity index (χ2n) is 6.06. The Morgan fingerprint density at radius 1 is 1.05 bits per heavy atom. The number of nitrogens with one attached hydrogen (secondary N) is 1. The van der Waals surface area contributed by atoms with Gasteiger partial charge in [-0.1, -0.05) is 62.9 Å². The molecule has 0 bridgehead atoms. The summed E-state index contributed by atoms with van der Waals surface area (Å²) in [6.07, 6.45) is 7.22. The Kier molecular flexibility index (Phi) is 8.70. The molecule has 0 fully saturated rings. The van der Waals surface area contributed by atoms with Crippen LogP contribution in [0, 0.1) is 5.41 Å². The van der Waals surface area contributed by atoms with Crippen molar-refractivity contribution >= 4 is 23.2 Å². The third-order valence-electron chi connectivity index (χ3n) is 4.30. The van der Waals surface area contributed by atoms with Crippen LogP contribution in [-0.4, -0.2) is 13.1 Å². The van der Waals surface area contributed by atoms with E-state index in [1.165, 1.54) is 37.7 Å². The first-order chi connectivity index (χ1) is 10.1. The largest absolute Gasteiger partial charge is 0.316 e. The Labute approximate surface area is 140 Å². The summed E-state index contributed by atoms with van der Waals surface area (Å²) in [4.78, 5) is 0. The Balaban J connectivity index is 2.84. The molecule has 1 unspecified atom stereocenters. The average molecular weight is 330 g/mol. The van der Waals surface area contributed by atoms with Crippen molar-refractivity contribution < 1.29 is 0 Å². The molecule has 1 rings (SSSR count). The molecule has 1 aromatic carbocycles. The number of hydrogen-bond donors (Lipinski definition) is 1. The van der Waals surface area contributed by atoms with Gasteiger partial charge >= 0.3 is 0 Å². The first-order valence-electron chi connectivity index (χ1n) is 8.21. The van der Waals surface area contributed by atoms with Gasteiger partial charge in [-0.2, -0.15) is 0 Å². The minimum atomic E-state index is 0.322. The van der Waals surface area contributed by atoms with Crippen LogP contribution in [-0.2, 0) is 6.42 Å². The predicted octanol–water partition coefficient (Wildman–Crippen LogP) is 6.12. The third-order valence-corrected chi connectivity index (χ3v) is 5.04. The summed E-state index contributed by atoms with van der Waals surface area (Å²) in [5.41, 5.74) is 1.61. The molecule has 0 aromatic heterocycles. The second-order valence-corrected chi connectivity index (χ2v) is 6.87. The molecule has 0 aliphatic carbocycles. The molecule has 1 atom stereocenters. The van der Waals surface area contributed by atoms with Gasteiger partial charge in [-0.25, -0.2) is 0 Å². The number of halogens is 2. The summed E-state index contributed by atoms with van der Waals surface area (Å²) in [5.74, 6) is 0. The summed E-state index contributed by atoms with van der Waals surface area (Å²) in [6.45, 7) is 8.96. The van der Waals surface area contributed by atoms with Gasteiger partial charge in [0.15, 0.2) is 0 Å². The van der Waals surface area contributed by atoms with Gasteiger partial charge in [0.2, 0.25) is 0 Å². The highest BCUT2D eigenvalue weighted by molar-refractivity contribution is 6.42. The van der Waals surface area contributed by atoms with E-state index in [9.17, 15) is 0 Å². The zero-order valence-electron chi connectivity index (χ0n) is 13.6. The molecule has 120 valence electrons. The van der Waals surface area contributed by atoms with E-state index >= 15 is 0 Å². The Morgan fingerprint density at radius 3 is 2.38 bits per heavy atom. The van der Waals surface area contributed by atoms with Crippen molar-refractivity contribution in [1.82, 2.24) is 5.32 Å². The highest BCUT2D eigenvalue weighted by atomic mass is 35.5. The van der Waals surface area contributed by atoms with Crippen molar-refractivity contribution in [3.05, 3.63) is 33.8 Å². The molecule has 0 aliphatic rings. The standard InChI is InChI=1S/C18H29Cl2N/c1-4-7-10-18(6-3,14-21-11-5-2)13-15-8-9-16(19)17(20)12-15/h8-9,12,21H,4-7,10-11,13-14H2,1-3H3. The molecule has 21 heavy (non-hydrogen) atoms. The van der Waals surface area contributed by atoms with Gasteiger partial charge < -0.3 is 5.32 Å². The fourth-order valence-electron chi connectivity index (χ4n) is 2.83. The number of hydrogen-bond acceptors (Lipinski definition) is 1. The maximum Gasteiger partial charge on any atom is 0.0595 e. The van der Waals surface area contributed by atoms with Crippen LogP contribution < -0.4 is 5.32 Å². The summed E-state index contributed by atoms with van der Waals surface area (Å²) in [5, 5.41) is 4.93. The van der Waals surface area contributed by atoms with Crippen LogP contribution in [0.3, 0.4) is 0 Å². The van der Waals surface area contributed by atoms with Crippen LogP contribution >= 0.6 is 23.2 Å². The Morgan fingerprint density at radius 2 is 1.81 bits per heavy atom. The fraction of sp³-hybridized carbons (Fsp3) is 0.667. The molecule has 0 aliphatic heterocycles. The SMILES string of the molecule is CCCCC(CC)(CNCCC)Cc1ccc(Cl)c(Cl)c1. The first-order valence-corrected chi connectivity index (χ1v) is 8.97. The highest BCUT2D eigenvalue weighted by Gasteiger charge is 2.27. The van der Waals surface area contributed by atoms with Gasteiger partial charge in [0.25, 0.3) is 0 Å². The van der Waals surface area contributed by atoms with Crippen LogP contribution in [0.15, 0.2) is 18.2 Å². The Bertz CT molecular complexity index is 420. The number of benzene rings is 1. The van der Waals surface area contributed by atoms with Gasteiger partial charge in [-0.15, -0.1) is 0 Å². The molecule has 0 amide bonds. The van der Waals surface area contributed by atoms with E-state index in [0.717, 1.165) is 19.5 Å². The van der Waals surface area contributed by atoms with Crippen molar-refractivity contribution in [2.45, 2.75) is 59.3 Å². The van der Waals surface area contributed by atoms with E-state index in [2.05, 4.69) is 32.2 Å². The van der Waals surface area contributed by atoms with Gasteiger partial charge in [0.1, 0.15) is 0 Å². The van der Waals surface area contributed by atoms with E-state index in [-0.39, 0.29) is 0 Å². The van der Waals surface area contributed by atoms with Crippen LogP contribution in [0.5, 0.6) is 0 Å². The molecule has 1 nitrogen and oxygen atoms in total. The molecule has 3 heteroatoms. The van der Waals surface area contributed by atoms with E-state index in [0.29, 0.717) is 15.5 Å². The molecular weight excluding hydrogens is 301 g/mol. The monoisotopic (exact) mass is 329 g/mol. The summed E-state index contributed by atoms with van der Waals surface area (Å²) >= 11 is 12.2. The van der Waals surface area contributed by atoms with Crippen molar-refractivity contribution in [1.29, 1.82) is 0 Å². The minimum absolute atomic E-state index is 0.322. The second kappa shape index (κ2) is 9.71. The average Bonchev–Trinajstić information content (AvgIpc) is 2.48. The van der Waals surface area contributed by atoms with Crippen molar-refractivity contribution in [3.8, 4) is 0 Å². The van der Waals surface area contributed by atoms with Gasteiger partial charge in [0.05, 0.1) is 10.0 Å². The van der Waals surface area contributed by atoms with Crippen LogP contribution in [0.4, 0.5) is 0 Å². The van der Waals surface area contributed by atoms with E-state index in [1.54, 1.807) is 0 Å². The van der Waals surface area contributed by atoms with E-state index < -0.39 is 0 Å². The molecule has 0 radical (unpaired) electrons. The quantitative estimate of drug-likeness (QED) is 0.509. The smallest absolute Gasteiger partial charge is 0.0595 e. The number of rotatable bonds is 10. The highest BCUT2D eigenvalue weighted by Crippen LogP contribution is 2.34. The number of unbranched alkanes of at least 4 members (excludes halogenated alkanes) is 1. The third kappa shape index (κ3) is 6.18. The molecule has 1 aromatic rings. The van der Waals surface area contributed by atoms with Gasteiger partial charge in [0, 0.05) is 6.54 Å². The molecule has 1 N–H and O–H groups in total. The lowest BCUT2D eigenvalue weighted by atomic mass is 9.75. The summed E-state index contributed by atoms with van der Waals surface area (Å²) < 4.78 is 0. The molecule has 0 saturated heterocycles. The molecule has 0 heterocycles. The fourth-order valence-corrected chi connectivity index (χ4v) is 3.15. The van der Waals surface area contributed by atoms with Crippen LogP contribution in [0.1, 0.15) is 58.4 Å². The zero-order valence-corrected chi connectivity index (χ0v) is 15.2. The van der Waals surface area contributed by atoms with Crippen LogP contribution in [0.2, 0.25) is 10.0 Å². The van der Waals surface area contributed by atoms with Gasteiger partial charge in [-0.05, 0) is 55.3 Å². The summed E-state index contributed by atoms with van der Waals surface area (Å²) in [6, 6.07) is 6.06. The topological polar surface area (TPSA) is 12.0 Å². The lowest BCUT2D eigenvalue weighted by Gasteiger charge is -2.34. The Hall–Kier alpha value is -0.240. The summed E-state index contributed by atoms with van der Waals surface area (Å²) in [7, 11) is 0. The van der Waals surface area contributed by atoms with Crippen molar-refractivity contribution in [2.24, 2.45) is 5.41 Å². The maximum atomic E-state index is 6.17.